The predicted octanol–water partition coefficient (Wildman–Crippen LogP) is 2.73. The summed E-state index contributed by atoms with van der Waals surface area (Å²) < 4.78 is 6.52. The van der Waals surface area contributed by atoms with Gasteiger partial charge in [0.25, 0.3) is 0 Å². The van der Waals surface area contributed by atoms with Gasteiger partial charge in [0.1, 0.15) is 10.1 Å². The van der Waals surface area contributed by atoms with E-state index in [0.29, 0.717) is 5.69 Å². The van der Waals surface area contributed by atoms with E-state index in [-0.39, 0.29) is 16.7 Å². The second kappa shape index (κ2) is 5.24. The second-order valence-corrected chi connectivity index (χ2v) is 3.81. The van der Waals surface area contributed by atoms with Gasteiger partial charge in [-0.25, -0.2) is 4.79 Å². The van der Waals surface area contributed by atoms with E-state index in [9.17, 15) is 4.79 Å². The number of carbonyl (C=O) groups excluding carboxylic acids is 1. The molecule has 0 fully saturated rings. The van der Waals surface area contributed by atoms with Crippen molar-refractivity contribution in [3.63, 3.8) is 0 Å². The van der Waals surface area contributed by atoms with Crippen LogP contribution in [0.25, 0.3) is 5.57 Å². The van der Waals surface area contributed by atoms with Crippen LogP contribution >= 0.6 is 23.2 Å². The molecule has 0 aliphatic carbocycles. The standard InChI is InChI=1S/C10H11Cl2NO2/c1-3-15-10(14)8(9(11)12)7-5-4-6-13(7)2/h4-6H,3H2,1-2H3. The molecule has 3 nitrogen and oxygen atoms in total. The lowest BCUT2D eigenvalue weighted by Gasteiger charge is -2.08. The Labute approximate surface area is 98.2 Å². The van der Waals surface area contributed by atoms with Crippen LogP contribution in [0.4, 0.5) is 0 Å². The summed E-state index contributed by atoms with van der Waals surface area (Å²) in [7, 11) is 1.80. The fourth-order valence-corrected chi connectivity index (χ4v) is 1.55. The molecule has 0 bridgehead atoms. The monoisotopic (exact) mass is 247 g/mol. The molecule has 1 aromatic rings. The lowest BCUT2D eigenvalue weighted by molar-refractivity contribution is -0.136. The van der Waals surface area contributed by atoms with Crippen molar-refractivity contribution >= 4 is 34.7 Å². The second-order valence-electron chi connectivity index (χ2n) is 2.86. The number of aromatic nitrogens is 1. The first kappa shape index (κ1) is 12.1. The van der Waals surface area contributed by atoms with E-state index < -0.39 is 5.97 Å². The molecule has 0 N–H and O–H groups in total. The van der Waals surface area contributed by atoms with E-state index in [4.69, 9.17) is 27.9 Å². The molecule has 0 radical (unpaired) electrons. The third-order valence-corrected chi connectivity index (χ3v) is 2.25. The van der Waals surface area contributed by atoms with E-state index >= 15 is 0 Å². The number of hydrogen-bond donors (Lipinski definition) is 0. The van der Waals surface area contributed by atoms with E-state index in [1.54, 1.807) is 36.9 Å². The van der Waals surface area contributed by atoms with Gasteiger partial charge in [0.2, 0.25) is 0 Å². The van der Waals surface area contributed by atoms with Crippen LogP contribution in [-0.2, 0) is 16.6 Å². The first-order valence-electron chi connectivity index (χ1n) is 4.42. The van der Waals surface area contributed by atoms with Crippen molar-refractivity contribution in [1.82, 2.24) is 4.57 Å². The molecule has 1 aromatic heterocycles. The number of rotatable bonds is 3. The van der Waals surface area contributed by atoms with Gasteiger partial charge in [-0.15, -0.1) is 0 Å². The highest BCUT2D eigenvalue weighted by Gasteiger charge is 2.19. The van der Waals surface area contributed by atoms with E-state index in [2.05, 4.69) is 0 Å². The maximum Gasteiger partial charge on any atom is 0.342 e. The molecule has 0 saturated heterocycles. The Morgan fingerprint density at radius 2 is 2.20 bits per heavy atom. The summed E-state index contributed by atoms with van der Waals surface area (Å²) in [4.78, 5) is 11.6. The number of nitrogens with zero attached hydrogens (tertiary/aromatic N) is 1. The molecule has 0 unspecified atom stereocenters. The van der Waals surface area contributed by atoms with Gasteiger partial charge in [0.05, 0.1) is 12.3 Å². The van der Waals surface area contributed by atoms with Gasteiger partial charge in [-0.2, -0.15) is 0 Å². The largest absolute Gasteiger partial charge is 0.462 e. The summed E-state index contributed by atoms with van der Waals surface area (Å²) in [6.07, 6.45) is 1.80. The summed E-state index contributed by atoms with van der Waals surface area (Å²) in [5.74, 6) is -0.515. The van der Waals surface area contributed by atoms with Crippen molar-refractivity contribution in [2.45, 2.75) is 6.92 Å². The van der Waals surface area contributed by atoms with Crippen LogP contribution in [0.1, 0.15) is 12.6 Å². The number of ether oxygens (including phenoxy) is 1. The molecular formula is C10H11Cl2NO2. The predicted molar refractivity (Wildman–Crippen MR) is 60.7 cm³/mol. The van der Waals surface area contributed by atoms with Gasteiger partial charge < -0.3 is 9.30 Å². The third kappa shape index (κ3) is 2.76. The summed E-state index contributed by atoms with van der Waals surface area (Å²) >= 11 is 11.3. The smallest absolute Gasteiger partial charge is 0.342 e. The van der Waals surface area contributed by atoms with Crippen molar-refractivity contribution in [1.29, 1.82) is 0 Å². The maximum atomic E-state index is 11.6. The van der Waals surface area contributed by atoms with Crippen LogP contribution in [0.5, 0.6) is 0 Å². The quantitative estimate of drug-likeness (QED) is 0.608. The van der Waals surface area contributed by atoms with Crippen molar-refractivity contribution in [3.05, 3.63) is 28.5 Å². The summed E-state index contributed by atoms with van der Waals surface area (Å²) in [5, 5.41) is 0. The minimum Gasteiger partial charge on any atom is -0.462 e. The average molecular weight is 248 g/mol. The normalized spacial score (nSPS) is 9.87. The zero-order chi connectivity index (χ0) is 11.4. The molecular weight excluding hydrogens is 237 g/mol. The molecule has 0 aliphatic heterocycles. The molecule has 0 atom stereocenters. The van der Waals surface area contributed by atoms with E-state index in [1.165, 1.54) is 0 Å². The van der Waals surface area contributed by atoms with E-state index in [0.717, 1.165) is 0 Å². The minimum absolute atomic E-state index is 0.0877. The first-order valence-corrected chi connectivity index (χ1v) is 5.17. The van der Waals surface area contributed by atoms with Gasteiger partial charge in [-0.05, 0) is 19.1 Å². The highest BCUT2D eigenvalue weighted by molar-refractivity contribution is 6.61. The fourth-order valence-electron chi connectivity index (χ4n) is 1.20. The van der Waals surface area contributed by atoms with Crippen LogP contribution in [0.3, 0.4) is 0 Å². The Balaban J connectivity index is 3.12. The summed E-state index contributed by atoms with van der Waals surface area (Å²) in [6.45, 7) is 2.01. The van der Waals surface area contributed by atoms with E-state index in [1.807, 2.05) is 0 Å². The summed E-state index contributed by atoms with van der Waals surface area (Å²) in [5.41, 5.74) is 0.820. The van der Waals surface area contributed by atoms with Gasteiger partial charge in [-0.3, -0.25) is 0 Å². The van der Waals surface area contributed by atoms with Crippen molar-refractivity contribution < 1.29 is 9.53 Å². The molecule has 15 heavy (non-hydrogen) atoms. The highest BCUT2D eigenvalue weighted by Crippen LogP contribution is 2.25. The zero-order valence-electron chi connectivity index (χ0n) is 8.46. The summed E-state index contributed by atoms with van der Waals surface area (Å²) in [6, 6.07) is 3.54. The van der Waals surface area contributed by atoms with Crippen molar-refractivity contribution in [2.24, 2.45) is 7.05 Å². The van der Waals surface area contributed by atoms with Crippen LogP contribution in [0, 0.1) is 0 Å². The Kier molecular flexibility index (Phi) is 4.24. The van der Waals surface area contributed by atoms with Crippen LogP contribution in [0.15, 0.2) is 22.8 Å². The zero-order valence-corrected chi connectivity index (χ0v) is 9.97. The molecule has 82 valence electrons. The number of hydrogen-bond acceptors (Lipinski definition) is 2. The Morgan fingerprint density at radius 3 is 2.60 bits per heavy atom. The topological polar surface area (TPSA) is 31.2 Å². The Hall–Kier alpha value is -0.930. The lowest BCUT2D eigenvalue weighted by Crippen LogP contribution is -2.10. The molecule has 0 amide bonds. The van der Waals surface area contributed by atoms with Gasteiger partial charge in [0, 0.05) is 13.2 Å². The number of carbonyl (C=O) groups is 1. The molecule has 1 rings (SSSR count). The molecule has 0 aliphatic rings. The highest BCUT2D eigenvalue weighted by atomic mass is 35.5. The number of halogens is 2. The fraction of sp³-hybridized carbons (Fsp3) is 0.300. The molecule has 5 heteroatoms. The molecule has 1 heterocycles. The Bertz CT molecular complexity index is 392. The molecule has 0 spiro atoms. The molecule has 0 aromatic carbocycles. The number of esters is 1. The lowest BCUT2D eigenvalue weighted by atomic mass is 10.2. The third-order valence-electron chi connectivity index (χ3n) is 1.87. The molecule has 0 saturated carbocycles. The minimum atomic E-state index is -0.515. The Morgan fingerprint density at radius 1 is 1.53 bits per heavy atom. The van der Waals surface area contributed by atoms with Crippen molar-refractivity contribution in [3.8, 4) is 0 Å². The number of aryl methyl sites for hydroxylation is 1. The van der Waals surface area contributed by atoms with Gasteiger partial charge in [0.15, 0.2) is 0 Å². The van der Waals surface area contributed by atoms with Gasteiger partial charge in [-0.1, -0.05) is 23.2 Å². The van der Waals surface area contributed by atoms with Crippen LogP contribution in [-0.4, -0.2) is 17.1 Å². The van der Waals surface area contributed by atoms with Crippen LogP contribution in [0.2, 0.25) is 0 Å². The SMILES string of the molecule is CCOC(=O)C(=C(Cl)Cl)c1cccn1C. The maximum absolute atomic E-state index is 11.6. The van der Waals surface area contributed by atoms with Crippen molar-refractivity contribution in [2.75, 3.05) is 6.61 Å². The van der Waals surface area contributed by atoms with Crippen LogP contribution < -0.4 is 0 Å². The van der Waals surface area contributed by atoms with Gasteiger partial charge >= 0.3 is 5.97 Å². The first-order chi connectivity index (χ1) is 7.07. The average Bonchev–Trinajstić information content (AvgIpc) is 2.52.